The van der Waals surface area contributed by atoms with Crippen molar-refractivity contribution in [1.82, 2.24) is 20.1 Å². The van der Waals surface area contributed by atoms with Gasteiger partial charge in [-0.1, -0.05) is 30.3 Å². The van der Waals surface area contributed by atoms with E-state index in [0.717, 1.165) is 16.3 Å². The second-order valence-electron chi connectivity index (χ2n) is 9.39. The highest BCUT2D eigenvalue weighted by molar-refractivity contribution is 6.07. The van der Waals surface area contributed by atoms with Crippen molar-refractivity contribution < 1.29 is 32.6 Å². The number of urea groups is 1. The molecular formula is C29H23F2N5O5. The number of nitrogens with zero attached hydrogens (tertiary/aromatic N) is 4. The van der Waals surface area contributed by atoms with Crippen LogP contribution in [-0.2, 0) is 10.3 Å². The Morgan fingerprint density at radius 1 is 1.02 bits per heavy atom. The highest BCUT2D eigenvalue weighted by Gasteiger charge is 2.49. The Labute approximate surface area is 232 Å². The van der Waals surface area contributed by atoms with E-state index in [9.17, 15) is 18.4 Å². The van der Waals surface area contributed by atoms with Crippen LogP contribution in [0.1, 0.15) is 18.1 Å². The van der Waals surface area contributed by atoms with Crippen LogP contribution in [0.4, 0.5) is 13.6 Å². The van der Waals surface area contributed by atoms with Gasteiger partial charge in [-0.25, -0.2) is 9.48 Å². The summed E-state index contributed by atoms with van der Waals surface area (Å²) in [5, 5.41) is 12.3. The molecule has 0 radical (unpaired) electrons. The fraction of sp³-hybridized carbons (Fsp3) is 0.172. The maximum atomic E-state index is 13.4. The molecule has 3 aromatic carbocycles. The summed E-state index contributed by atoms with van der Waals surface area (Å²) in [4.78, 5) is 26.2. The molecule has 1 N–H and O–H groups in total. The number of ether oxygens (including phenoxy) is 3. The molecule has 0 bridgehead atoms. The predicted molar refractivity (Wildman–Crippen MR) is 143 cm³/mol. The van der Waals surface area contributed by atoms with Crippen LogP contribution in [0, 0.1) is 0 Å². The van der Waals surface area contributed by atoms with E-state index < -0.39 is 24.1 Å². The molecule has 2 aliphatic rings. The van der Waals surface area contributed by atoms with Crippen molar-refractivity contribution in [3.63, 3.8) is 0 Å². The van der Waals surface area contributed by atoms with E-state index in [1.54, 1.807) is 16.9 Å². The summed E-state index contributed by atoms with van der Waals surface area (Å²) < 4.78 is 42.5. The van der Waals surface area contributed by atoms with Crippen LogP contribution in [0.3, 0.4) is 0 Å². The van der Waals surface area contributed by atoms with Crippen molar-refractivity contribution in [3.05, 3.63) is 90.1 Å². The molecule has 0 saturated carbocycles. The van der Waals surface area contributed by atoms with E-state index in [1.807, 2.05) is 42.5 Å². The van der Waals surface area contributed by atoms with Gasteiger partial charge in [-0.05, 0) is 55.0 Å². The Hall–Kier alpha value is -5.26. The molecule has 1 fully saturated rings. The maximum Gasteiger partial charge on any atom is 0.387 e. The monoisotopic (exact) mass is 559 g/mol. The van der Waals surface area contributed by atoms with Crippen molar-refractivity contribution >= 4 is 18.2 Å². The van der Waals surface area contributed by atoms with Crippen molar-refractivity contribution in [2.45, 2.75) is 19.1 Å². The lowest BCUT2D eigenvalue weighted by molar-refractivity contribution is -0.131. The third-order valence-corrected chi connectivity index (χ3v) is 6.72. The van der Waals surface area contributed by atoms with Gasteiger partial charge in [0, 0.05) is 17.3 Å². The molecule has 1 atom stereocenters. The number of nitrogens with one attached hydrogen (secondary N) is 1. The van der Waals surface area contributed by atoms with Gasteiger partial charge in [-0.15, -0.1) is 5.01 Å². The van der Waals surface area contributed by atoms with E-state index >= 15 is 0 Å². The van der Waals surface area contributed by atoms with Crippen LogP contribution in [0.2, 0.25) is 0 Å². The Morgan fingerprint density at radius 3 is 2.49 bits per heavy atom. The SMILES string of the molecule is CC1(c2ccc(OC(F)F)cc2)NC(=O)N(N=Cc2cn(-c3ccccc3)nc2-c2ccc3c(c2)OCCO3)C1=O. The number of rotatable bonds is 7. The van der Waals surface area contributed by atoms with Gasteiger partial charge in [-0.2, -0.15) is 19.0 Å². The van der Waals surface area contributed by atoms with E-state index in [4.69, 9.17) is 14.6 Å². The number of amides is 3. The maximum absolute atomic E-state index is 13.4. The van der Waals surface area contributed by atoms with Gasteiger partial charge in [0.25, 0.3) is 5.91 Å². The first-order valence-electron chi connectivity index (χ1n) is 12.6. The molecule has 1 saturated heterocycles. The molecule has 10 nitrogen and oxygen atoms in total. The Kier molecular flexibility index (Phi) is 6.58. The number of hydrazone groups is 1. The minimum Gasteiger partial charge on any atom is -0.486 e. The Morgan fingerprint density at radius 2 is 1.76 bits per heavy atom. The third-order valence-electron chi connectivity index (χ3n) is 6.72. The largest absolute Gasteiger partial charge is 0.486 e. The lowest BCUT2D eigenvalue weighted by Gasteiger charge is -2.21. The average Bonchev–Trinajstić information content (AvgIpc) is 3.50. The summed E-state index contributed by atoms with van der Waals surface area (Å²) in [6.45, 7) is -0.575. The topological polar surface area (TPSA) is 107 Å². The van der Waals surface area contributed by atoms with Gasteiger partial charge in [-0.3, -0.25) is 4.79 Å². The smallest absolute Gasteiger partial charge is 0.387 e. The molecule has 1 aromatic heterocycles. The first kappa shape index (κ1) is 26.0. The second kappa shape index (κ2) is 10.4. The minimum absolute atomic E-state index is 0.0684. The quantitative estimate of drug-likeness (QED) is 0.260. The number of hydrogen-bond acceptors (Lipinski definition) is 7. The number of benzene rings is 3. The Bertz CT molecular complexity index is 1640. The fourth-order valence-electron chi connectivity index (χ4n) is 4.62. The number of halogens is 2. The lowest BCUT2D eigenvalue weighted by Crippen LogP contribution is -2.40. The van der Waals surface area contributed by atoms with E-state index in [0.29, 0.717) is 41.5 Å². The normalized spacial score (nSPS) is 18.3. The summed E-state index contributed by atoms with van der Waals surface area (Å²) in [6.07, 6.45) is 3.13. The molecule has 41 heavy (non-hydrogen) atoms. The van der Waals surface area contributed by atoms with Gasteiger partial charge >= 0.3 is 12.6 Å². The van der Waals surface area contributed by atoms with Crippen LogP contribution in [0.15, 0.2) is 84.1 Å². The molecule has 2 aliphatic heterocycles. The number of carbonyl (C=O) groups is 2. The zero-order valence-corrected chi connectivity index (χ0v) is 21.7. The number of alkyl halides is 2. The summed E-state index contributed by atoms with van der Waals surface area (Å²) in [5.41, 5.74) is 1.51. The summed E-state index contributed by atoms with van der Waals surface area (Å²) in [7, 11) is 0. The van der Waals surface area contributed by atoms with Crippen molar-refractivity contribution in [2.24, 2.45) is 5.10 Å². The molecule has 3 heterocycles. The summed E-state index contributed by atoms with van der Waals surface area (Å²) in [5.74, 6) is 0.504. The van der Waals surface area contributed by atoms with Crippen LogP contribution in [0.5, 0.6) is 17.2 Å². The minimum atomic E-state index is -2.98. The number of hydrogen-bond donors (Lipinski definition) is 1. The van der Waals surface area contributed by atoms with Crippen LogP contribution < -0.4 is 19.5 Å². The fourth-order valence-corrected chi connectivity index (χ4v) is 4.62. The van der Waals surface area contributed by atoms with E-state index in [-0.39, 0.29) is 5.75 Å². The summed E-state index contributed by atoms with van der Waals surface area (Å²) in [6, 6.07) is 19.6. The first-order chi connectivity index (χ1) is 19.8. The number of carbonyl (C=O) groups excluding carboxylic acids is 2. The molecular weight excluding hydrogens is 536 g/mol. The number of para-hydroxylation sites is 1. The molecule has 208 valence electrons. The van der Waals surface area contributed by atoms with Crippen molar-refractivity contribution in [1.29, 1.82) is 0 Å². The molecule has 3 amide bonds. The summed E-state index contributed by atoms with van der Waals surface area (Å²) >= 11 is 0. The molecule has 4 aromatic rings. The highest BCUT2D eigenvalue weighted by Crippen LogP contribution is 2.35. The van der Waals surface area contributed by atoms with Crippen molar-refractivity contribution in [3.8, 4) is 34.2 Å². The van der Waals surface area contributed by atoms with E-state index in [2.05, 4.69) is 15.2 Å². The van der Waals surface area contributed by atoms with Crippen molar-refractivity contribution in [2.75, 3.05) is 13.2 Å². The first-order valence-corrected chi connectivity index (χ1v) is 12.6. The van der Waals surface area contributed by atoms with Gasteiger partial charge in [0.2, 0.25) is 0 Å². The van der Waals surface area contributed by atoms with Crippen LogP contribution in [0.25, 0.3) is 16.9 Å². The van der Waals surface area contributed by atoms with Gasteiger partial charge in [0.15, 0.2) is 11.5 Å². The van der Waals surface area contributed by atoms with E-state index in [1.165, 1.54) is 37.4 Å². The van der Waals surface area contributed by atoms with Gasteiger partial charge < -0.3 is 19.5 Å². The average molecular weight is 560 g/mol. The predicted octanol–water partition coefficient (Wildman–Crippen LogP) is 4.71. The second-order valence-corrected chi connectivity index (χ2v) is 9.39. The molecule has 0 spiro atoms. The molecule has 0 aliphatic carbocycles. The standard InChI is InChI=1S/C29H23F2N5O5/c1-29(20-8-10-22(11-9-20)41-27(30)31)26(37)36(28(38)33-29)32-16-19-17-35(21-5-3-2-4-6-21)34-25(19)18-7-12-23-24(15-18)40-14-13-39-23/h2-12,15-17,27H,13-14H2,1H3,(H,33,38). The zero-order chi connectivity index (χ0) is 28.6. The van der Waals surface area contributed by atoms with Gasteiger partial charge in [0.05, 0.1) is 11.9 Å². The zero-order valence-electron chi connectivity index (χ0n) is 21.7. The molecule has 12 heteroatoms. The Balaban J connectivity index is 1.32. The van der Waals surface area contributed by atoms with Crippen LogP contribution in [-0.4, -0.2) is 52.8 Å². The number of aromatic nitrogens is 2. The molecule has 6 rings (SSSR count). The van der Waals surface area contributed by atoms with Gasteiger partial charge in [0.1, 0.15) is 30.2 Å². The van der Waals surface area contributed by atoms with Crippen LogP contribution >= 0.6 is 0 Å². The number of fused-ring (bicyclic) bond motifs is 1. The highest BCUT2D eigenvalue weighted by atomic mass is 19.3. The third kappa shape index (κ3) is 4.95. The lowest BCUT2D eigenvalue weighted by atomic mass is 9.92. The molecule has 1 unspecified atom stereocenters. The number of imide groups is 1.